The van der Waals surface area contributed by atoms with E-state index in [1.54, 1.807) is 0 Å². The molecule has 22 heteroatoms. The lowest BCUT2D eigenvalue weighted by Crippen LogP contribution is -2.66. The van der Waals surface area contributed by atoms with Crippen molar-refractivity contribution in [3.8, 4) is 11.5 Å². The molecular weight excluding hydrogens is 777 g/mol. The van der Waals surface area contributed by atoms with Crippen LogP contribution in [0.2, 0.25) is 0 Å². The van der Waals surface area contributed by atoms with Crippen LogP contribution in [-0.4, -0.2) is 102 Å². The number of nitrogens with two attached hydrogens (primary N) is 2. The van der Waals surface area contributed by atoms with Gasteiger partial charge in [-0.2, -0.15) is 0 Å². The molecule has 20 nitrogen and oxygen atoms in total. The normalized spacial score (nSPS) is 24.2. The number of amides is 7. The molecule has 1 spiro atoms. The van der Waals surface area contributed by atoms with Gasteiger partial charge in [0.25, 0.3) is 0 Å². The second kappa shape index (κ2) is 19.0. The zero-order chi connectivity index (χ0) is 41.2. The van der Waals surface area contributed by atoms with Crippen molar-refractivity contribution in [2.75, 3.05) is 11.5 Å². The molecule has 0 unspecified atom stereocenters. The highest BCUT2D eigenvalue weighted by atomic mass is 32.2. The first-order valence-electron chi connectivity index (χ1n) is 17.4. The first-order chi connectivity index (χ1) is 26.3. The third kappa shape index (κ3) is 12.9. The van der Waals surface area contributed by atoms with Gasteiger partial charge in [-0.3, -0.25) is 47.6 Å². The predicted octanol–water partition coefficient (Wildman–Crippen LogP) is -2.47. The quantitative estimate of drug-likeness (QED) is 0.117. The van der Waals surface area contributed by atoms with Gasteiger partial charge in [-0.1, -0.05) is 43.5 Å². The summed E-state index contributed by atoms with van der Waals surface area (Å²) in [7, 11) is -7.05. The first-order valence-corrected chi connectivity index (χ1v) is 20.4. The van der Waals surface area contributed by atoms with Crippen LogP contribution in [0.5, 0.6) is 11.5 Å². The van der Waals surface area contributed by atoms with Crippen molar-refractivity contribution in [2.45, 2.75) is 81.1 Å². The van der Waals surface area contributed by atoms with E-state index in [2.05, 4.69) is 31.1 Å². The molecule has 2 aliphatic rings. The van der Waals surface area contributed by atoms with Gasteiger partial charge in [0, 0.05) is 23.6 Å². The van der Waals surface area contributed by atoms with Crippen LogP contribution in [0.1, 0.15) is 49.7 Å². The number of aromatic hydroxyl groups is 1. The Kier molecular flexibility index (Phi) is 14.7. The van der Waals surface area contributed by atoms with Crippen LogP contribution in [0.15, 0.2) is 48.5 Å². The highest BCUT2D eigenvalue weighted by Gasteiger charge is 2.44. The molecule has 2 aromatic rings. The number of phenols is 1. The third-order valence-electron chi connectivity index (χ3n) is 9.08. The number of nitrogens with one attached hydrogen (secondary N) is 5. The number of benzene rings is 2. The van der Waals surface area contributed by atoms with Crippen LogP contribution in [0, 0.1) is 0 Å². The highest BCUT2D eigenvalue weighted by Crippen LogP contribution is 2.37. The molecule has 4 rings (SSSR count). The number of primary amides is 2. The van der Waals surface area contributed by atoms with E-state index in [1.807, 2.05) is 0 Å². The predicted molar refractivity (Wildman–Crippen MR) is 197 cm³/mol. The molecule has 0 radical (unpaired) electrons. The Labute approximate surface area is 322 Å². The molecule has 0 bridgehead atoms. The van der Waals surface area contributed by atoms with Gasteiger partial charge in [-0.15, -0.1) is 0 Å². The second-order valence-electron chi connectivity index (χ2n) is 13.5. The fourth-order valence-electron chi connectivity index (χ4n) is 6.31. The van der Waals surface area contributed by atoms with Gasteiger partial charge in [0.05, 0.1) is 12.2 Å². The standard InChI is InChI=1S/C34H44N7O13PS/c35-27(43)16-25-31(47)38-23(14-19-4-8-21(42)9-5-19)30(46)39-26(29(36)45)17-56(53)18-28(44)37-24(15-20-6-10-22(11-7-20)54-55(50,51)52)32(48)41-34(33(49)40-25)12-2-1-3-13-34/h4-11,23-26,42H,1-3,12-18H2,(H2,35,43)(H2,36,45)(H,37,44)(H,38,47)(H,39,46)(H,40,49)(H,41,48)(H2,50,51,52)/t23-,24-,25-,26-,56+/m1/s1. The molecule has 1 heterocycles. The number of phenolic OH excluding ortho intramolecular Hbond substituents is 1. The molecule has 1 saturated heterocycles. The molecule has 1 aliphatic heterocycles. The van der Waals surface area contributed by atoms with Gasteiger partial charge in [-0.05, 0) is 48.2 Å². The minimum atomic E-state index is -4.88. The number of phosphoric acid groups is 1. The number of rotatable bonds is 9. The van der Waals surface area contributed by atoms with E-state index in [4.69, 9.17) is 21.3 Å². The lowest BCUT2D eigenvalue weighted by Gasteiger charge is -2.38. The maximum Gasteiger partial charge on any atom is 0.524 e. The van der Waals surface area contributed by atoms with E-state index in [9.17, 15) is 47.4 Å². The smallest absolute Gasteiger partial charge is 0.508 e. The number of carbonyl (C=O) groups excluding carboxylic acids is 7. The topological polar surface area (TPSA) is 336 Å². The monoisotopic (exact) mass is 821 g/mol. The van der Waals surface area contributed by atoms with Crippen LogP contribution in [0.25, 0.3) is 0 Å². The SMILES string of the molecule is NC(=O)C[C@H]1NC(=O)C2(CCCCC2)NC(=O)[C@@H](Cc2ccc(OP(=O)(O)O)cc2)NC(=O)C[S@@](=O)C[C@H](C(N)=O)NC(=O)[C@@H](Cc2ccc(O)cc2)NC1=O. The van der Waals surface area contributed by atoms with E-state index in [1.165, 1.54) is 48.5 Å². The largest absolute Gasteiger partial charge is 0.524 e. The van der Waals surface area contributed by atoms with Gasteiger partial charge in [0.15, 0.2) is 0 Å². The summed E-state index contributed by atoms with van der Waals surface area (Å²) in [5, 5.41) is 22.3. The van der Waals surface area contributed by atoms with Crippen molar-refractivity contribution in [2.24, 2.45) is 11.5 Å². The zero-order valence-electron chi connectivity index (χ0n) is 29.9. The fraction of sp³-hybridized carbons (Fsp3) is 0.441. The Morgan fingerprint density at radius 3 is 1.89 bits per heavy atom. The number of hydrogen-bond donors (Lipinski definition) is 10. The van der Waals surface area contributed by atoms with Crippen molar-refractivity contribution in [3.63, 3.8) is 0 Å². The fourth-order valence-corrected chi connectivity index (χ4v) is 7.82. The summed E-state index contributed by atoms with van der Waals surface area (Å²) in [6.07, 6.45) is 0.620. The van der Waals surface area contributed by atoms with Crippen LogP contribution in [0.4, 0.5) is 0 Å². The number of phosphoric ester groups is 1. The average molecular weight is 822 g/mol. The summed E-state index contributed by atoms with van der Waals surface area (Å²) >= 11 is 0. The van der Waals surface area contributed by atoms with E-state index < -0.39 is 108 Å². The molecule has 7 amide bonds. The Morgan fingerprint density at radius 1 is 0.786 bits per heavy atom. The van der Waals surface area contributed by atoms with Gasteiger partial charge in [0.2, 0.25) is 41.4 Å². The molecule has 56 heavy (non-hydrogen) atoms. The van der Waals surface area contributed by atoms with Crippen molar-refractivity contribution in [1.29, 1.82) is 0 Å². The summed E-state index contributed by atoms with van der Waals surface area (Å²) < 4.78 is 29.0. The average Bonchev–Trinajstić information content (AvgIpc) is 3.11. The second-order valence-corrected chi connectivity index (χ2v) is 16.2. The summed E-state index contributed by atoms with van der Waals surface area (Å²) in [4.78, 5) is 112. The minimum absolute atomic E-state index is 0.0867. The Balaban J connectivity index is 1.72. The summed E-state index contributed by atoms with van der Waals surface area (Å²) in [5.74, 6) is -8.43. The van der Waals surface area contributed by atoms with Crippen molar-refractivity contribution >= 4 is 60.0 Å². The Bertz CT molecular complexity index is 1890. The van der Waals surface area contributed by atoms with Crippen molar-refractivity contribution < 1.29 is 61.8 Å². The van der Waals surface area contributed by atoms with Gasteiger partial charge >= 0.3 is 7.82 Å². The van der Waals surface area contributed by atoms with Gasteiger partial charge < -0.3 is 47.7 Å². The van der Waals surface area contributed by atoms with E-state index in [0.29, 0.717) is 30.4 Å². The van der Waals surface area contributed by atoms with Gasteiger partial charge in [-0.25, -0.2) is 4.57 Å². The molecule has 1 aliphatic carbocycles. The Hall–Kier alpha value is -5.37. The summed E-state index contributed by atoms with van der Waals surface area (Å²) in [5.41, 5.74) is 10.1. The molecule has 5 atom stereocenters. The lowest BCUT2D eigenvalue weighted by molar-refractivity contribution is -0.139. The van der Waals surface area contributed by atoms with Crippen molar-refractivity contribution in [3.05, 3.63) is 59.7 Å². The summed E-state index contributed by atoms with van der Waals surface area (Å²) in [6, 6.07) is 4.57. The third-order valence-corrected chi connectivity index (χ3v) is 10.8. The highest BCUT2D eigenvalue weighted by molar-refractivity contribution is 7.85. The van der Waals surface area contributed by atoms with Crippen molar-refractivity contribution in [1.82, 2.24) is 26.6 Å². The molecule has 1 saturated carbocycles. The van der Waals surface area contributed by atoms with E-state index in [0.717, 1.165) is 0 Å². The zero-order valence-corrected chi connectivity index (χ0v) is 31.6. The lowest BCUT2D eigenvalue weighted by atomic mass is 9.80. The minimum Gasteiger partial charge on any atom is -0.508 e. The maximum atomic E-state index is 14.2. The van der Waals surface area contributed by atoms with Crippen LogP contribution >= 0.6 is 7.82 Å². The molecule has 304 valence electrons. The Morgan fingerprint density at radius 2 is 1.34 bits per heavy atom. The maximum absolute atomic E-state index is 14.2. The molecule has 2 fully saturated rings. The van der Waals surface area contributed by atoms with Crippen LogP contribution in [-0.2, 0) is 61.8 Å². The molecule has 12 N–H and O–H groups in total. The van der Waals surface area contributed by atoms with Crippen LogP contribution in [0.3, 0.4) is 0 Å². The van der Waals surface area contributed by atoms with E-state index >= 15 is 0 Å². The van der Waals surface area contributed by atoms with Crippen LogP contribution < -0.4 is 42.6 Å². The molecule has 0 aromatic heterocycles. The first kappa shape index (κ1) is 43.4. The molecular formula is C34H44N7O13PS. The number of carbonyl (C=O) groups is 7. The number of hydrogen-bond acceptors (Lipinski definition) is 11. The van der Waals surface area contributed by atoms with E-state index in [-0.39, 0.29) is 37.2 Å². The molecule has 2 aromatic carbocycles. The van der Waals surface area contributed by atoms with Gasteiger partial charge in [0.1, 0.15) is 47.0 Å². The summed E-state index contributed by atoms with van der Waals surface area (Å²) in [6.45, 7) is 0.